The lowest BCUT2D eigenvalue weighted by molar-refractivity contribution is -0.137. The highest BCUT2D eigenvalue weighted by Gasteiger charge is 2.33. The lowest BCUT2D eigenvalue weighted by atomic mass is 10.2. The SMILES string of the molecule is O=C(CN(c1cccc(C(F)(F)F)c1)S(=O)(=O)c1ccc(Cl)cc1)NCc1ccc(F)c(F)c1. The van der Waals surface area contributed by atoms with Crippen LogP contribution in [0, 0.1) is 11.6 Å². The standard InChI is InChI=1S/C22H16ClF5N2O3S/c23-16-5-7-18(8-6-16)34(32,33)30(17-3-1-2-15(11-17)22(26,27)28)13-21(31)29-12-14-4-9-19(24)20(25)10-14/h1-11H,12-13H2,(H,29,31). The molecule has 3 rings (SSSR count). The first-order valence-corrected chi connectivity index (χ1v) is 11.4. The first-order valence-electron chi connectivity index (χ1n) is 9.54. The molecule has 5 nitrogen and oxygen atoms in total. The Morgan fingerprint density at radius 1 is 0.941 bits per heavy atom. The molecule has 0 unspecified atom stereocenters. The van der Waals surface area contributed by atoms with Crippen LogP contribution in [0.2, 0.25) is 5.02 Å². The summed E-state index contributed by atoms with van der Waals surface area (Å²) in [5.74, 6) is -3.11. The molecule has 0 saturated carbocycles. The molecule has 0 fully saturated rings. The maximum absolute atomic E-state index is 13.4. The Labute approximate surface area is 196 Å². The lowest BCUT2D eigenvalue weighted by Crippen LogP contribution is -2.40. The fourth-order valence-corrected chi connectivity index (χ4v) is 4.46. The highest BCUT2D eigenvalue weighted by atomic mass is 35.5. The van der Waals surface area contributed by atoms with Crippen LogP contribution in [-0.4, -0.2) is 20.9 Å². The molecule has 34 heavy (non-hydrogen) atoms. The van der Waals surface area contributed by atoms with Crippen molar-refractivity contribution >= 4 is 33.2 Å². The van der Waals surface area contributed by atoms with E-state index in [4.69, 9.17) is 11.6 Å². The molecule has 0 aliphatic carbocycles. The van der Waals surface area contributed by atoms with Crippen molar-refractivity contribution in [2.75, 3.05) is 10.8 Å². The van der Waals surface area contributed by atoms with Crippen LogP contribution in [0.15, 0.2) is 71.6 Å². The molecule has 0 aromatic heterocycles. The van der Waals surface area contributed by atoms with E-state index in [0.717, 1.165) is 42.5 Å². The molecule has 12 heteroatoms. The van der Waals surface area contributed by atoms with Gasteiger partial charge in [-0.3, -0.25) is 9.10 Å². The van der Waals surface area contributed by atoms with E-state index in [1.165, 1.54) is 18.2 Å². The van der Waals surface area contributed by atoms with E-state index >= 15 is 0 Å². The summed E-state index contributed by atoms with van der Waals surface area (Å²) in [6, 6.07) is 11.3. The topological polar surface area (TPSA) is 66.5 Å². The Morgan fingerprint density at radius 3 is 2.24 bits per heavy atom. The summed E-state index contributed by atoms with van der Waals surface area (Å²) in [5, 5.41) is 2.58. The van der Waals surface area contributed by atoms with Crippen LogP contribution < -0.4 is 9.62 Å². The summed E-state index contributed by atoms with van der Waals surface area (Å²) >= 11 is 5.79. The Hall–Kier alpha value is -3.18. The molecular weight excluding hydrogens is 503 g/mol. The first-order chi connectivity index (χ1) is 15.9. The van der Waals surface area contributed by atoms with E-state index in [9.17, 15) is 35.2 Å². The number of sulfonamides is 1. The number of nitrogens with one attached hydrogen (secondary N) is 1. The summed E-state index contributed by atoms with van der Waals surface area (Å²) < 4.78 is 93.0. The van der Waals surface area contributed by atoms with E-state index < -0.39 is 51.5 Å². The number of hydrogen-bond acceptors (Lipinski definition) is 3. The van der Waals surface area contributed by atoms with Gasteiger partial charge in [0.15, 0.2) is 11.6 Å². The van der Waals surface area contributed by atoms with Gasteiger partial charge in [0, 0.05) is 11.6 Å². The van der Waals surface area contributed by atoms with Crippen molar-refractivity contribution in [2.24, 2.45) is 0 Å². The number of carbonyl (C=O) groups is 1. The van der Waals surface area contributed by atoms with Gasteiger partial charge in [0.25, 0.3) is 10.0 Å². The van der Waals surface area contributed by atoms with Crippen LogP contribution in [0.1, 0.15) is 11.1 Å². The maximum Gasteiger partial charge on any atom is 0.416 e. The Morgan fingerprint density at radius 2 is 1.62 bits per heavy atom. The molecule has 1 amide bonds. The number of rotatable bonds is 7. The molecule has 3 aromatic carbocycles. The summed E-state index contributed by atoms with van der Waals surface area (Å²) in [6.45, 7) is -1.15. The Bertz CT molecular complexity index is 1300. The molecule has 0 saturated heterocycles. The second kappa shape index (κ2) is 9.98. The average molecular weight is 519 g/mol. The highest BCUT2D eigenvalue weighted by molar-refractivity contribution is 7.92. The van der Waals surface area contributed by atoms with Gasteiger partial charge in [-0.25, -0.2) is 17.2 Å². The van der Waals surface area contributed by atoms with Crippen LogP contribution in [0.25, 0.3) is 0 Å². The summed E-state index contributed by atoms with van der Waals surface area (Å²) in [5.41, 5.74) is -1.31. The van der Waals surface area contributed by atoms with Gasteiger partial charge >= 0.3 is 6.18 Å². The minimum absolute atomic E-state index is 0.193. The zero-order valence-electron chi connectivity index (χ0n) is 17.1. The molecule has 3 aromatic rings. The van der Waals surface area contributed by atoms with Gasteiger partial charge < -0.3 is 5.32 Å². The normalized spacial score (nSPS) is 11.8. The lowest BCUT2D eigenvalue weighted by Gasteiger charge is -2.25. The van der Waals surface area contributed by atoms with Gasteiger partial charge in [0.05, 0.1) is 16.1 Å². The highest BCUT2D eigenvalue weighted by Crippen LogP contribution is 2.33. The predicted molar refractivity (Wildman–Crippen MR) is 116 cm³/mol. The first kappa shape index (κ1) is 25.4. The second-order valence-corrected chi connectivity index (χ2v) is 9.34. The largest absolute Gasteiger partial charge is 0.416 e. The number of nitrogens with zero attached hydrogens (tertiary/aromatic N) is 1. The van der Waals surface area contributed by atoms with Crippen molar-refractivity contribution in [1.82, 2.24) is 5.32 Å². The third-order valence-corrected chi connectivity index (χ3v) is 6.66. The molecule has 180 valence electrons. The van der Waals surface area contributed by atoms with Crippen molar-refractivity contribution in [1.29, 1.82) is 0 Å². The van der Waals surface area contributed by atoms with Crippen molar-refractivity contribution < 1.29 is 35.2 Å². The fourth-order valence-electron chi connectivity index (χ4n) is 2.92. The van der Waals surface area contributed by atoms with E-state index in [1.54, 1.807) is 0 Å². The molecule has 1 N–H and O–H groups in total. The zero-order chi connectivity index (χ0) is 25.1. The number of halogens is 6. The molecule has 0 heterocycles. The number of amides is 1. The average Bonchev–Trinajstić information content (AvgIpc) is 2.78. The summed E-state index contributed by atoms with van der Waals surface area (Å²) in [4.78, 5) is 12.2. The van der Waals surface area contributed by atoms with Crippen molar-refractivity contribution in [3.63, 3.8) is 0 Å². The van der Waals surface area contributed by atoms with Crippen molar-refractivity contribution in [3.05, 3.63) is 94.5 Å². The van der Waals surface area contributed by atoms with Crippen LogP contribution in [-0.2, 0) is 27.5 Å². The van der Waals surface area contributed by atoms with E-state index in [-0.39, 0.29) is 22.0 Å². The monoisotopic (exact) mass is 518 g/mol. The zero-order valence-corrected chi connectivity index (χ0v) is 18.7. The molecule has 0 radical (unpaired) electrons. The molecular formula is C22H16ClF5N2O3S. The summed E-state index contributed by atoms with van der Waals surface area (Å²) in [7, 11) is -4.49. The van der Waals surface area contributed by atoms with E-state index in [1.807, 2.05) is 0 Å². The van der Waals surface area contributed by atoms with E-state index in [0.29, 0.717) is 10.4 Å². The van der Waals surface area contributed by atoms with Gasteiger partial charge in [-0.2, -0.15) is 13.2 Å². The maximum atomic E-state index is 13.4. The van der Waals surface area contributed by atoms with Crippen molar-refractivity contribution in [3.8, 4) is 0 Å². The molecule has 0 aliphatic heterocycles. The number of carbonyl (C=O) groups excluding carboxylic acids is 1. The minimum Gasteiger partial charge on any atom is -0.350 e. The van der Waals surface area contributed by atoms with Crippen molar-refractivity contribution in [2.45, 2.75) is 17.6 Å². The van der Waals surface area contributed by atoms with Gasteiger partial charge in [-0.05, 0) is 60.2 Å². The van der Waals surface area contributed by atoms with Crippen LogP contribution in [0.5, 0.6) is 0 Å². The molecule has 0 atom stereocenters. The minimum atomic E-state index is -4.75. The number of anilines is 1. The molecule has 0 spiro atoms. The smallest absolute Gasteiger partial charge is 0.350 e. The van der Waals surface area contributed by atoms with Crippen LogP contribution in [0.3, 0.4) is 0 Å². The van der Waals surface area contributed by atoms with E-state index in [2.05, 4.69) is 5.32 Å². The quantitative estimate of drug-likeness (QED) is 0.440. The predicted octanol–water partition coefficient (Wildman–Crippen LogP) is 5.15. The van der Waals surface area contributed by atoms with Gasteiger partial charge in [0.2, 0.25) is 5.91 Å². The number of hydrogen-bond donors (Lipinski definition) is 1. The van der Waals surface area contributed by atoms with Gasteiger partial charge in [-0.1, -0.05) is 23.7 Å². The Kier molecular flexibility index (Phi) is 7.47. The molecule has 0 bridgehead atoms. The third kappa shape index (κ3) is 6.03. The summed E-state index contributed by atoms with van der Waals surface area (Å²) in [6.07, 6.45) is -4.75. The van der Waals surface area contributed by atoms with Gasteiger partial charge in [-0.15, -0.1) is 0 Å². The number of benzene rings is 3. The second-order valence-electron chi connectivity index (χ2n) is 7.04. The van der Waals surface area contributed by atoms with Crippen LogP contribution in [0.4, 0.5) is 27.6 Å². The third-order valence-electron chi connectivity index (χ3n) is 4.62. The van der Waals surface area contributed by atoms with Gasteiger partial charge in [0.1, 0.15) is 6.54 Å². The van der Waals surface area contributed by atoms with Crippen LogP contribution >= 0.6 is 11.6 Å². The fraction of sp³-hybridized carbons (Fsp3) is 0.136. The Balaban J connectivity index is 1.92. The number of alkyl halides is 3. The molecule has 0 aliphatic rings.